The number of aryl methyl sites for hydroxylation is 1. The van der Waals surface area contributed by atoms with Crippen LogP contribution in [-0.4, -0.2) is 23.1 Å². The second-order valence-corrected chi connectivity index (χ2v) is 7.66. The molecule has 2 N–H and O–H groups in total. The monoisotopic (exact) mass is 421 g/mol. The predicted molar refractivity (Wildman–Crippen MR) is 114 cm³/mol. The standard InChI is InChI=1S/C24H23NO6/c1-14(22(26)25-21(23(27)28)15-7-3-2-4-8-15)30-16-11-12-18-17-9-5-6-10-19(17)24(29)31-20(18)13-16/h2-4,7-8,11-14,21H,5-6,9-10H2,1H3,(H,25,26)(H,27,28)/t14?,21-/m1/s1. The zero-order chi connectivity index (χ0) is 22.0. The van der Waals surface area contributed by atoms with Gasteiger partial charge in [-0.25, -0.2) is 9.59 Å². The van der Waals surface area contributed by atoms with Crippen molar-refractivity contribution >= 4 is 22.8 Å². The van der Waals surface area contributed by atoms with Gasteiger partial charge in [-0.2, -0.15) is 0 Å². The molecule has 0 bridgehead atoms. The molecule has 1 heterocycles. The molecule has 2 atom stereocenters. The van der Waals surface area contributed by atoms with Crippen LogP contribution in [0.15, 0.2) is 57.7 Å². The number of nitrogens with one attached hydrogen (secondary N) is 1. The van der Waals surface area contributed by atoms with Crippen LogP contribution in [0.1, 0.15) is 42.5 Å². The van der Waals surface area contributed by atoms with Crippen LogP contribution in [0.25, 0.3) is 11.0 Å². The van der Waals surface area contributed by atoms with Crippen molar-refractivity contribution in [2.75, 3.05) is 0 Å². The average molecular weight is 421 g/mol. The van der Waals surface area contributed by atoms with Gasteiger partial charge in [0.25, 0.3) is 5.91 Å². The van der Waals surface area contributed by atoms with E-state index in [1.165, 1.54) is 6.92 Å². The molecule has 7 nitrogen and oxygen atoms in total. The molecular weight excluding hydrogens is 398 g/mol. The number of fused-ring (bicyclic) bond motifs is 3. The van der Waals surface area contributed by atoms with Crippen LogP contribution in [-0.2, 0) is 22.4 Å². The van der Waals surface area contributed by atoms with Gasteiger partial charge in [0.2, 0.25) is 0 Å². The summed E-state index contributed by atoms with van der Waals surface area (Å²) in [6, 6.07) is 12.4. The van der Waals surface area contributed by atoms with Crippen molar-refractivity contribution in [3.63, 3.8) is 0 Å². The van der Waals surface area contributed by atoms with Gasteiger partial charge >= 0.3 is 11.6 Å². The molecule has 1 aromatic heterocycles. The van der Waals surface area contributed by atoms with Crippen LogP contribution in [0, 0.1) is 0 Å². The minimum absolute atomic E-state index is 0.322. The van der Waals surface area contributed by atoms with Crippen molar-refractivity contribution in [3.05, 3.63) is 75.6 Å². The van der Waals surface area contributed by atoms with E-state index in [1.54, 1.807) is 42.5 Å². The number of carboxylic acids is 1. The normalized spacial score (nSPS) is 15.0. The van der Waals surface area contributed by atoms with Gasteiger partial charge in [0.1, 0.15) is 11.3 Å². The lowest BCUT2D eigenvalue weighted by molar-refractivity contribution is -0.143. The first kappa shape index (κ1) is 20.7. The lowest BCUT2D eigenvalue weighted by Gasteiger charge is -2.20. The molecule has 0 spiro atoms. The number of carbonyl (C=O) groups is 2. The lowest BCUT2D eigenvalue weighted by atomic mass is 9.91. The highest BCUT2D eigenvalue weighted by Crippen LogP contribution is 2.29. The Bertz CT molecular complexity index is 1180. The Morgan fingerprint density at radius 3 is 2.48 bits per heavy atom. The lowest BCUT2D eigenvalue weighted by Crippen LogP contribution is -2.41. The van der Waals surface area contributed by atoms with Gasteiger partial charge in [-0.1, -0.05) is 30.3 Å². The van der Waals surface area contributed by atoms with Gasteiger partial charge in [-0.15, -0.1) is 0 Å². The van der Waals surface area contributed by atoms with E-state index in [0.717, 1.165) is 42.2 Å². The molecule has 2 aromatic carbocycles. The highest BCUT2D eigenvalue weighted by Gasteiger charge is 2.25. The van der Waals surface area contributed by atoms with E-state index in [-0.39, 0.29) is 5.63 Å². The first-order valence-corrected chi connectivity index (χ1v) is 10.3. The van der Waals surface area contributed by atoms with Gasteiger partial charge in [-0.3, -0.25) is 4.79 Å². The summed E-state index contributed by atoms with van der Waals surface area (Å²) in [4.78, 5) is 36.5. The van der Waals surface area contributed by atoms with Crippen LogP contribution >= 0.6 is 0 Å². The van der Waals surface area contributed by atoms with E-state index in [0.29, 0.717) is 16.9 Å². The summed E-state index contributed by atoms with van der Waals surface area (Å²) in [5.74, 6) is -1.37. The summed E-state index contributed by atoms with van der Waals surface area (Å²) in [6.07, 6.45) is 2.64. The highest BCUT2D eigenvalue weighted by molar-refractivity contribution is 5.87. The van der Waals surface area contributed by atoms with Gasteiger partial charge < -0.3 is 19.6 Å². The molecule has 1 amide bonds. The number of carbonyl (C=O) groups excluding carboxylic acids is 1. The third-order valence-corrected chi connectivity index (χ3v) is 5.54. The fourth-order valence-electron chi connectivity index (χ4n) is 3.95. The molecule has 1 aliphatic rings. The van der Waals surface area contributed by atoms with Gasteiger partial charge in [-0.05, 0) is 55.9 Å². The maximum atomic E-state index is 12.6. The van der Waals surface area contributed by atoms with E-state index < -0.39 is 24.0 Å². The van der Waals surface area contributed by atoms with Crippen LogP contribution in [0.3, 0.4) is 0 Å². The van der Waals surface area contributed by atoms with Crippen molar-refractivity contribution in [1.29, 1.82) is 0 Å². The SMILES string of the molecule is CC(Oc1ccc2c3c(c(=O)oc2c1)CCCC3)C(=O)N[C@@H](C(=O)O)c1ccccc1. The van der Waals surface area contributed by atoms with Crippen molar-refractivity contribution in [2.24, 2.45) is 0 Å². The second-order valence-electron chi connectivity index (χ2n) is 7.66. The fraction of sp³-hybridized carbons (Fsp3) is 0.292. The van der Waals surface area contributed by atoms with Crippen LogP contribution in [0.4, 0.5) is 0 Å². The molecule has 1 aliphatic carbocycles. The molecule has 1 unspecified atom stereocenters. The Labute approximate surface area is 178 Å². The average Bonchev–Trinajstić information content (AvgIpc) is 2.77. The van der Waals surface area contributed by atoms with E-state index in [1.807, 2.05) is 6.07 Å². The maximum Gasteiger partial charge on any atom is 0.339 e. The predicted octanol–water partition coefficient (Wildman–Crippen LogP) is 3.38. The Hall–Kier alpha value is -3.61. The number of aliphatic carboxylic acids is 1. The second kappa shape index (κ2) is 8.63. The molecular formula is C24H23NO6. The zero-order valence-corrected chi connectivity index (χ0v) is 17.1. The van der Waals surface area contributed by atoms with Crippen LogP contribution < -0.4 is 15.7 Å². The third kappa shape index (κ3) is 4.30. The Morgan fingerprint density at radius 2 is 1.77 bits per heavy atom. The molecule has 0 saturated heterocycles. The topological polar surface area (TPSA) is 106 Å². The summed E-state index contributed by atoms with van der Waals surface area (Å²) in [5, 5.41) is 12.9. The summed E-state index contributed by atoms with van der Waals surface area (Å²) >= 11 is 0. The number of benzene rings is 2. The highest BCUT2D eigenvalue weighted by atomic mass is 16.5. The number of amides is 1. The Morgan fingerprint density at radius 1 is 1.06 bits per heavy atom. The molecule has 0 radical (unpaired) electrons. The molecule has 31 heavy (non-hydrogen) atoms. The first-order valence-electron chi connectivity index (χ1n) is 10.3. The smallest absolute Gasteiger partial charge is 0.339 e. The van der Waals surface area contributed by atoms with Crippen molar-refractivity contribution in [3.8, 4) is 5.75 Å². The van der Waals surface area contributed by atoms with E-state index in [2.05, 4.69) is 5.32 Å². The summed E-state index contributed by atoms with van der Waals surface area (Å²) < 4.78 is 11.2. The van der Waals surface area contributed by atoms with Gasteiger partial charge in [0.05, 0.1) is 0 Å². The number of rotatable bonds is 6. The molecule has 4 rings (SSSR count). The van der Waals surface area contributed by atoms with E-state index in [4.69, 9.17) is 9.15 Å². The fourth-order valence-corrected chi connectivity index (χ4v) is 3.95. The van der Waals surface area contributed by atoms with Crippen LogP contribution in [0.2, 0.25) is 0 Å². The zero-order valence-electron chi connectivity index (χ0n) is 17.1. The van der Waals surface area contributed by atoms with Gasteiger partial charge in [0.15, 0.2) is 12.1 Å². The van der Waals surface area contributed by atoms with E-state index >= 15 is 0 Å². The summed E-state index contributed by atoms with van der Waals surface area (Å²) in [6.45, 7) is 1.53. The third-order valence-electron chi connectivity index (χ3n) is 5.54. The number of hydrogen-bond donors (Lipinski definition) is 2. The quantitative estimate of drug-likeness (QED) is 0.591. The van der Waals surface area contributed by atoms with Crippen molar-refractivity contribution < 1.29 is 23.8 Å². The molecule has 0 fully saturated rings. The summed E-state index contributed by atoms with van der Waals surface area (Å²) in [5.41, 5.74) is 2.34. The molecule has 7 heteroatoms. The Balaban J connectivity index is 1.52. The van der Waals surface area contributed by atoms with Crippen LogP contribution in [0.5, 0.6) is 5.75 Å². The molecule has 0 saturated carbocycles. The number of ether oxygens (including phenoxy) is 1. The molecule has 0 aliphatic heterocycles. The minimum Gasteiger partial charge on any atom is -0.481 e. The Kier molecular flexibility index (Phi) is 5.75. The first-order chi connectivity index (χ1) is 14.9. The van der Waals surface area contributed by atoms with Gasteiger partial charge in [0, 0.05) is 17.0 Å². The van der Waals surface area contributed by atoms with Crippen molar-refractivity contribution in [1.82, 2.24) is 5.32 Å². The number of hydrogen-bond acceptors (Lipinski definition) is 5. The molecule has 3 aromatic rings. The largest absolute Gasteiger partial charge is 0.481 e. The van der Waals surface area contributed by atoms with Crippen molar-refractivity contribution in [2.45, 2.75) is 44.8 Å². The molecule has 160 valence electrons. The van der Waals surface area contributed by atoms with E-state index in [9.17, 15) is 19.5 Å². The maximum absolute atomic E-state index is 12.6. The minimum atomic E-state index is -1.18. The number of carboxylic acid groups (broad SMARTS) is 1. The summed E-state index contributed by atoms with van der Waals surface area (Å²) in [7, 11) is 0.